The summed E-state index contributed by atoms with van der Waals surface area (Å²) in [6.07, 6.45) is 11.6. The zero-order chi connectivity index (χ0) is 21.5. The molecule has 1 saturated carbocycles. The molecule has 30 heavy (non-hydrogen) atoms. The number of methoxy groups -OCH3 is 1. The molecule has 1 fully saturated rings. The summed E-state index contributed by atoms with van der Waals surface area (Å²) in [6.45, 7) is 2.14. The highest BCUT2D eigenvalue weighted by Crippen LogP contribution is 2.39. The van der Waals surface area contributed by atoms with Gasteiger partial charge in [-0.05, 0) is 79.2 Å². The molecule has 1 aliphatic carbocycles. The zero-order valence-electron chi connectivity index (χ0n) is 17.9. The predicted molar refractivity (Wildman–Crippen MR) is 116 cm³/mol. The van der Waals surface area contributed by atoms with E-state index in [9.17, 15) is 13.2 Å². The highest BCUT2D eigenvalue weighted by atomic mass is 19.2. The minimum absolute atomic E-state index is 0.0231. The maximum Gasteiger partial charge on any atom is 0.200 e. The second-order valence-electron chi connectivity index (χ2n) is 8.26. The van der Waals surface area contributed by atoms with Crippen molar-refractivity contribution in [1.82, 2.24) is 0 Å². The molecule has 2 aromatic carbocycles. The molecular formula is C26H31F3O. The Hall–Kier alpha value is -2.23. The summed E-state index contributed by atoms with van der Waals surface area (Å²) in [4.78, 5) is 0. The quantitative estimate of drug-likeness (QED) is 0.398. The Morgan fingerprint density at radius 3 is 2.40 bits per heavy atom. The van der Waals surface area contributed by atoms with Crippen LogP contribution in [0, 0.1) is 23.4 Å². The van der Waals surface area contributed by atoms with Gasteiger partial charge in [0.2, 0.25) is 5.82 Å². The molecule has 0 aromatic heterocycles. The van der Waals surface area contributed by atoms with Gasteiger partial charge >= 0.3 is 0 Å². The Morgan fingerprint density at radius 2 is 1.73 bits per heavy atom. The number of benzene rings is 2. The van der Waals surface area contributed by atoms with E-state index in [1.807, 2.05) is 18.2 Å². The van der Waals surface area contributed by atoms with Gasteiger partial charge in [0.15, 0.2) is 11.6 Å². The topological polar surface area (TPSA) is 9.23 Å². The fourth-order valence-electron chi connectivity index (χ4n) is 4.32. The summed E-state index contributed by atoms with van der Waals surface area (Å²) in [5.41, 5.74) is 2.10. The number of allylic oxidation sites excluding steroid dienone is 1. The van der Waals surface area contributed by atoms with Gasteiger partial charge in [-0.1, -0.05) is 50.1 Å². The number of unbranched alkanes of at least 4 members (excludes halogenated alkanes) is 2. The fourth-order valence-corrected chi connectivity index (χ4v) is 4.32. The van der Waals surface area contributed by atoms with Gasteiger partial charge in [-0.25, -0.2) is 8.78 Å². The van der Waals surface area contributed by atoms with Crippen molar-refractivity contribution in [2.45, 2.75) is 64.2 Å². The maximum atomic E-state index is 14.4. The molecule has 0 aliphatic heterocycles. The third-order valence-corrected chi connectivity index (χ3v) is 6.20. The van der Waals surface area contributed by atoms with Crippen molar-refractivity contribution >= 4 is 6.08 Å². The Bertz CT molecular complexity index is 867. The van der Waals surface area contributed by atoms with Crippen molar-refractivity contribution in [3.8, 4) is 5.75 Å². The monoisotopic (exact) mass is 416 g/mol. The minimum atomic E-state index is -0.905. The number of halogens is 3. The Kier molecular flexibility index (Phi) is 8.01. The van der Waals surface area contributed by atoms with Crippen LogP contribution in [-0.2, 0) is 6.42 Å². The molecule has 1 nitrogen and oxygen atoms in total. The standard InChI is InChI=1S/C26H31F3O/c1-3-4-5-6-21-14-11-19(17-23(21)27)8-7-18-9-12-20(13-10-18)22-15-16-24(30-2)26(29)25(22)28/h7-8,11,14-18,20H,3-6,9-10,12-13H2,1-2H3. The highest BCUT2D eigenvalue weighted by molar-refractivity contribution is 5.50. The van der Waals surface area contributed by atoms with Crippen LogP contribution in [0.15, 0.2) is 36.4 Å². The molecule has 0 spiro atoms. The smallest absolute Gasteiger partial charge is 0.200 e. The molecular weight excluding hydrogens is 385 g/mol. The van der Waals surface area contributed by atoms with Crippen molar-refractivity contribution in [1.29, 1.82) is 0 Å². The van der Waals surface area contributed by atoms with Crippen molar-refractivity contribution in [2.75, 3.05) is 7.11 Å². The van der Waals surface area contributed by atoms with Crippen LogP contribution in [0.3, 0.4) is 0 Å². The van der Waals surface area contributed by atoms with E-state index in [-0.39, 0.29) is 17.5 Å². The largest absolute Gasteiger partial charge is 0.494 e. The normalized spacial score (nSPS) is 19.4. The van der Waals surface area contributed by atoms with E-state index in [0.29, 0.717) is 11.5 Å². The third kappa shape index (κ3) is 5.47. The van der Waals surface area contributed by atoms with Crippen LogP contribution in [0.2, 0.25) is 0 Å². The number of rotatable bonds is 8. The minimum Gasteiger partial charge on any atom is -0.494 e. The SMILES string of the molecule is CCCCCc1ccc(C=CC2CCC(c3ccc(OC)c(F)c3F)CC2)cc1F. The molecule has 3 rings (SSSR count). The van der Waals surface area contributed by atoms with Crippen molar-refractivity contribution < 1.29 is 17.9 Å². The number of hydrogen-bond acceptors (Lipinski definition) is 1. The molecule has 0 heterocycles. The van der Waals surface area contributed by atoms with E-state index in [1.54, 1.807) is 12.1 Å². The van der Waals surface area contributed by atoms with Crippen LogP contribution in [0.4, 0.5) is 13.2 Å². The molecule has 0 amide bonds. The maximum absolute atomic E-state index is 14.4. The van der Waals surface area contributed by atoms with Crippen LogP contribution in [0.1, 0.15) is 74.5 Å². The summed E-state index contributed by atoms with van der Waals surface area (Å²) in [7, 11) is 1.33. The van der Waals surface area contributed by atoms with Gasteiger partial charge in [-0.3, -0.25) is 0 Å². The van der Waals surface area contributed by atoms with Crippen molar-refractivity contribution in [2.24, 2.45) is 5.92 Å². The summed E-state index contributed by atoms with van der Waals surface area (Å²) in [6, 6.07) is 8.62. The molecule has 0 N–H and O–H groups in total. The lowest BCUT2D eigenvalue weighted by atomic mass is 9.78. The summed E-state index contributed by atoms with van der Waals surface area (Å²) < 4.78 is 47.5. The van der Waals surface area contributed by atoms with Gasteiger partial charge in [0.1, 0.15) is 5.82 Å². The first-order chi connectivity index (χ1) is 14.5. The number of hydrogen-bond donors (Lipinski definition) is 0. The molecule has 0 radical (unpaired) electrons. The molecule has 0 unspecified atom stereocenters. The molecule has 1 aliphatic rings. The third-order valence-electron chi connectivity index (χ3n) is 6.20. The van der Waals surface area contributed by atoms with Gasteiger partial charge in [0.05, 0.1) is 7.11 Å². The average Bonchev–Trinajstić information content (AvgIpc) is 2.76. The number of aryl methyl sites for hydroxylation is 1. The summed E-state index contributed by atoms with van der Waals surface area (Å²) in [5, 5.41) is 0. The first kappa shape index (κ1) is 22.5. The van der Waals surface area contributed by atoms with Crippen LogP contribution >= 0.6 is 0 Å². The van der Waals surface area contributed by atoms with E-state index < -0.39 is 11.6 Å². The van der Waals surface area contributed by atoms with Gasteiger partial charge in [-0.2, -0.15) is 4.39 Å². The van der Waals surface area contributed by atoms with E-state index >= 15 is 0 Å². The van der Waals surface area contributed by atoms with Gasteiger partial charge in [0.25, 0.3) is 0 Å². The second-order valence-corrected chi connectivity index (χ2v) is 8.26. The molecule has 162 valence electrons. The van der Waals surface area contributed by atoms with Gasteiger partial charge in [-0.15, -0.1) is 0 Å². The fraction of sp³-hybridized carbons (Fsp3) is 0.462. The van der Waals surface area contributed by atoms with Crippen molar-refractivity contribution in [3.05, 3.63) is 70.5 Å². The average molecular weight is 417 g/mol. The molecule has 2 aromatic rings. The van der Waals surface area contributed by atoms with Crippen LogP contribution < -0.4 is 4.74 Å². The first-order valence-electron chi connectivity index (χ1n) is 11.0. The Labute approximate surface area is 178 Å². The Morgan fingerprint density at radius 1 is 0.967 bits per heavy atom. The summed E-state index contributed by atoms with van der Waals surface area (Å²) >= 11 is 0. The summed E-state index contributed by atoms with van der Waals surface area (Å²) in [5.74, 6) is -1.49. The number of ether oxygens (including phenoxy) is 1. The van der Waals surface area contributed by atoms with Crippen molar-refractivity contribution in [3.63, 3.8) is 0 Å². The highest BCUT2D eigenvalue weighted by Gasteiger charge is 2.25. The Balaban J connectivity index is 1.56. The lowest BCUT2D eigenvalue weighted by molar-refractivity contribution is 0.350. The zero-order valence-corrected chi connectivity index (χ0v) is 17.9. The predicted octanol–water partition coefficient (Wildman–Crippen LogP) is 7.83. The molecule has 0 atom stereocenters. The van der Waals surface area contributed by atoms with Crippen LogP contribution in [0.25, 0.3) is 6.08 Å². The molecule has 0 bridgehead atoms. The first-order valence-corrected chi connectivity index (χ1v) is 11.0. The van der Waals surface area contributed by atoms with E-state index in [0.717, 1.165) is 62.5 Å². The van der Waals surface area contributed by atoms with Crippen LogP contribution in [-0.4, -0.2) is 7.11 Å². The van der Waals surface area contributed by atoms with Gasteiger partial charge in [0, 0.05) is 0 Å². The second kappa shape index (κ2) is 10.7. The van der Waals surface area contributed by atoms with E-state index in [2.05, 4.69) is 13.0 Å². The molecule has 0 saturated heterocycles. The molecule has 4 heteroatoms. The lowest BCUT2D eigenvalue weighted by Gasteiger charge is -2.27. The van der Waals surface area contributed by atoms with Gasteiger partial charge < -0.3 is 4.74 Å². The van der Waals surface area contributed by atoms with E-state index in [4.69, 9.17) is 4.74 Å². The van der Waals surface area contributed by atoms with Crippen LogP contribution in [0.5, 0.6) is 5.75 Å². The lowest BCUT2D eigenvalue weighted by Crippen LogP contribution is -2.13. The van der Waals surface area contributed by atoms with E-state index in [1.165, 1.54) is 13.2 Å².